The number of pyridine rings is 1. The maximum atomic E-state index is 5.90. The van der Waals surface area contributed by atoms with E-state index in [0.717, 1.165) is 46.3 Å². The highest BCUT2D eigenvalue weighted by molar-refractivity contribution is 5.40. The highest BCUT2D eigenvalue weighted by Crippen LogP contribution is 2.26. The molecular formula is C21H25N3O3. The largest absolute Gasteiger partial charge is 0.496 e. The number of methoxy groups -OCH3 is 1. The van der Waals surface area contributed by atoms with Crippen molar-refractivity contribution in [2.45, 2.75) is 33.5 Å². The number of aromatic nitrogens is 2. The van der Waals surface area contributed by atoms with Gasteiger partial charge in [0.25, 0.3) is 0 Å². The van der Waals surface area contributed by atoms with E-state index in [9.17, 15) is 0 Å². The molecule has 6 heteroatoms. The van der Waals surface area contributed by atoms with Crippen LogP contribution in [0.2, 0.25) is 0 Å². The average Bonchev–Trinajstić information content (AvgIpc) is 2.99. The molecule has 6 nitrogen and oxygen atoms in total. The Labute approximate surface area is 159 Å². The minimum absolute atomic E-state index is 0.432. The third-order valence-corrected chi connectivity index (χ3v) is 4.41. The lowest BCUT2D eigenvalue weighted by Gasteiger charge is -2.19. The van der Waals surface area contributed by atoms with Crippen LogP contribution < -0.4 is 9.47 Å². The van der Waals surface area contributed by atoms with Crippen molar-refractivity contribution in [2.24, 2.45) is 0 Å². The van der Waals surface area contributed by atoms with Crippen molar-refractivity contribution < 1.29 is 14.0 Å². The van der Waals surface area contributed by atoms with Crippen LogP contribution in [0.25, 0.3) is 0 Å². The Kier molecular flexibility index (Phi) is 6.08. The Morgan fingerprint density at radius 3 is 2.63 bits per heavy atom. The van der Waals surface area contributed by atoms with Crippen molar-refractivity contribution in [1.29, 1.82) is 0 Å². The van der Waals surface area contributed by atoms with Crippen molar-refractivity contribution in [2.75, 3.05) is 14.2 Å². The summed E-state index contributed by atoms with van der Waals surface area (Å²) in [5.41, 5.74) is 4.01. The van der Waals surface area contributed by atoms with Gasteiger partial charge in [0, 0.05) is 30.4 Å². The zero-order chi connectivity index (χ0) is 19.2. The summed E-state index contributed by atoms with van der Waals surface area (Å²) < 4.78 is 16.7. The SMILES string of the molecule is COc1ccc(OCc2ccccn2)cc1CN(C)Cc1c(C)noc1C. The third-order valence-electron chi connectivity index (χ3n) is 4.41. The molecule has 1 aromatic carbocycles. The summed E-state index contributed by atoms with van der Waals surface area (Å²) in [6.07, 6.45) is 1.77. The standard InChI is InChI=1S/C21H25N3O3/c1-15-20(16(2)27-23-15)13-24(3)12-17-11-19(8-9-21(17)25-4)26-14-18-7-5-6-10-22-18/h5-11H,12-14H2,1-4H3. The van der Waals surface area contributed by atoms with Gasteiger partial charge < -0.3 is 14.0 Å². The Balaban J connectivity index is 1.69. The van der Waals surface area contributed by atoms with Crippen LogP contribution in [-0.4, -0.2) is 29.2 Å². The van der Waals surface area contributed by atoms with Gasteiger partial charge in [-0.3, -0.25) is 9.88 Å². The van der Waals surface area contributed by atoms with Gasteiger partial charge in [-0.25, -0.2) is 0 Å². The average molecular weight is 367 g/mol. The topological polar surface area (TPSA) is 60.6 Å². The van der Waals surface area contributed by atoms with Gasteiger partial charge in [0.05, 0.1) is 18.5 Å². The Bertz CT molecular complexity index is 858. The molecule has 0 saturated carbocycles. The van der Waals surface area contributed by atoms with Crippen LogP contribution in [0.4, 0.5) is 0 Å². The molecule has 0 N–H and O–H groups in total. The first-order valence-corrected chi connectivity index (χ1v) is 8.86. The molecule has 0 fully saturated rings. The van der Waals surface area contributed by atoms with E-state index in [2.05, 4.69) is 22.1 Å². The molecule has 0 unspecified atom stereocenters. The molecule has 0 aliphatic carbocycles. The Hall–Kier alpha value is -2.86. The number of hydrogen-bond donors (Lipinski definition) is 0. The van der Waals surface area contributed by atoms with Crippen LogP contribution in [0.1, 0.15) is 28.3 Å². The predicted molar refractivity (Wildman–Crippen MR) is 103 cm³/mol. The summed E-state index contributed by atoms with van der Waals surface area (Å²) in [6.45, 7) is 5.81. The predicted octanol–water partition coefficient (Wildman–Crippen LogP) is 3.91. The van der Waals surface area contributed by atoms with Crippen molar-refractivity contribution >= 4 is 0 Å². The molecule has 0 radical (unpaired) electrons. The number of nitrogens with zero attached hydrogens (tertiary/aromatic N) is 3. The second-order valence-electron chi connectivity index (χ2n) is 6.56. The summed E-state index contributed by atoms with van der Waals surface area (Å²) in [5, 5.41) is 4.02. The molecule has 0 aliphatic heterocycles. The molecule has 2 aromatic heterocycles. The van der Waals surface area contributed by atoms with Crippen LogP contribution in [0.3, 0.4) is 0 Å². The molecule has 0 bridgehead atoms. The van der Waals surface area contributed by atoms with Crippen molar-refractivity contribution in [1.82, 2.24) is 15.0 Å². The number of hydrogen-bond acceptors (Lipinski definition) is 6. The third kappa shape index (κ3) is 4.86. The summed E-state index contributed by atoms with van der Waals surface area (Å²) in [4.78, 5) is 6.49. The zero-order valence-electron chi connectivity index (χ0n) is 16.2. The first-order chi connectivity index (χ1) is 13.1. The summed E-state index contributed by atoms with van der Waals surface area (Å²) in [6, 6.07) is 11.7. The lowest BCUT2D eigenvalue weighted by molar-refractivity contribution is 0.292. The minimum Gasteiger partial charge on any atom is -0.496 e. The molecule has 0 amide bonds. The fourth-order valence-electron chi connectivity index (χ4n) is 2.95. The minimum atomic E-state index is 0.432. The van der Waals surface area contributed by atoms with Crippen LogP contribution in [0, 0.1) is 13.8 Å². The molecule has 0 aliphatic rings. The summed E-state index contributed by atoms with van der Waals surface area (Å²) in [5.74, 6) is 2.49. The van der Waals surface area contributed by atoms with E-state index in [1.165, 1.54) is 0 Å². The second-order valence-corrected chi connectivity index (χ2v) is 6.56. The molecule has 0 atom stereocenters. The Morgan fingerprint density at radius 1 is 1.11 bits per heavy atom. The molecular weight excluding hydrogens is 342 g/mol. The normalized spacial score (nSPS) is 11.0. The molecule has 3 rings (SSSR count). The maximum absolute atomic E-state index is 5.90. The van der Waals surface area contributed by atoms with E-state index < -0.39 is 0 Å². The molecule has 27 heavy (non-hydrogen) atoms. The van der Waals surface area contributed by atoms with Gasteiger partial charge in [-0.1, -0.05) is 11.2 Å². The van der Waals surface area contributed by atoms with Gasteiger partial charge in [0.2, 0.25) is 0 Å². The smallest absolute Gasteiger partial charge is 0.138 e. The summed E-state index contributed by atoms with van der Waals surface area (Å²) in [7, 11) is 3.74. The van der Waals surface area contributed by atoms with E-state index in [0.29, 0.717) is 13.2 Å². The highest BCUT2D eigenvalue weighted by atomic mass is 16.5. The van der Waals surface area contributed by atoms with Gasteiger partial charge in [0.15, 0.2) is 0 Å². The zero-order valence-corrected chi connectivity index (χ0v) is 16.2. The maximum Gasteiger partial charge on any atom is 0.138 e. The lowest BCUT2D eigenvalue weighted by Crippen LogP contribution is -2.18. The van der Waals surface area contributed by atoms with Crippen LogP contribution >= 0.6 is 0 Å². The summed E-state index contributed by atoms with van der Waals surface area (Å²) >= 11 is 0. The first-order valence-electron chi connectivity index (χ1n) is 8.86. The van der Waals surface area contributed by atoms with E-state index in [1.807, 2.05) is 50.2 Å². The molecule has 0 spiro atoms. The van der Waals surface area contributed by atoms with Crippen LogP contribution in [0.5, 0.6) is 11.5 Å². The van der Waals surface area contributed by atoms with Crippen LogP contribution in [0.15, 0.2) is 47.1 Å². The van der Waals surface area contributed by atoms with Crippen molar-refractivity contribution in [3.8, 4) is 11.5 Å². The van der Waals surface area contributed by atoms with E-state index in [-0.39, 0.29) is 0 Å². The second kappa shape index (κ2) is 8.68. The number of rotatable bonds is 8. The van der Waals surface area contributed by atoms with E-state index in [1.54, 1.807) is 13.3 Å². The van der Waals surface area contributed by atoms with Gasteiger partial charge >= 0.3 is 0 Å². The monoisotopic (exact) mass is 367 g/mol. The van der Waals surface area contributed by atoms with Gasteiger partial charge in [0.1, 0.15) is 23.9 Å². The molecule has 0 saturated heterocycles. The molecule has 2 heterocycles. The lowest BCUT2D eigenvalue weighted by atomic mass is 10.1. The molecule has 3 aromatic rings. The number of ether oxygens (including phenoxy) is 2. The van der Waals surface area contributed by atoms with Crippen molar-refractivity contribution in [3.63, 3.8) is 0 Å². The van der Waals surface area contributed by atoms with Gasteiger partial charge in [-0.2, -0.15) is 0 Å². The first kappa shape index (κ1) is 18.9. The quantitative estimate of drug-likeness (QED) is 0.602. The van der Waals surface area contributed by atoms with E-state index >= 15 is 0 Å². The number of benzene rings is 1. The van der Waals surface area contributed by atoms with Gasteiger partial charge in [-0.15, -0.1) is 0 Å². The van der Waals surface area contributed by atoms with Crippen LogP contribution in [-0.2, 0) is 19.7 Å². The van der Waals surface area contributed by atoms with E-state index in [4.69, 9.17) is 14.0 Å². The highest BCUT2D eigenvalue weighted by Gasteiger charge is 2.14. The fraction of sp³-hybridized carbons (Fsp3) is 0.333. The Morgan fingerprint density at radius 2 is 1.96 bits per heavy atom. The van der Waals surface area contributed by atoms with Crippen molar-refractivity contribution in [3.05, 3.63) is 70.9 Å². The van der Waals surface area contributed by atoms with Gasteiger partial charge in [-0.05, 0) is 51.2 Å². The molecule has 142 valence electrons. The number of aryl methyl sites for hydroxylation is 2. The fourth-order valence-corrected chi connectivity index (χ4v) is 2.95.